The van der Waals surface area contributed by atoms with Gasteiger partial charge in [-0.3, -0.25) is 0 Å². The van der Waals surface area contributed by atoms with Gasteiger partial charge in [-0.1, -0.05) is 18.2 Å². The van der Waals surface area contributed by atoms with Gasteiger partial charge in [-0.2, -0.15) is 0 Å². The van der Waals surface area contributed by atoms with Crippen molar-refractivity contribution >= 4 is 44.8 Å². The van der Waals surface area contributed by atoms with Crippen LogP contribution < -0.4 is 21.5 Å². The molecule has 0 aliphatic heterocycles. The molecule has 2 heterocycles. The van der Waals surface area contributed by atoms with Crippen molar-refractivity contribution in [1.29, 1.82) is 0 Å². The Bertz CT molecular complexity index is 1490. The molecule has 32 heavy (non-hydrogen) atoms. The van der Waals surface area contributed by atoms with Gasteiger partial charge in [0.25, 0.3) is 0 Å². The Morgan fingerprint density at radius 2 is 1.97 bits per heavy atom. The van der Waals surface area contributed by atoms with E-state index in [0.29, 0.717) is 31.9 Å². The molecule has 0 aliphatic carbocycles. The molecule has 0 saturated carbocycles. The van der Waals surface area contributed by atoms with E-state index in [1.165, 1.54) is 11.1 Å². The third-order valence-electron chi connectivity index (χ3n) is 5.65. The summed E-state index contributed by atoms with van der Waals surface area (Å²) in [5, 5.41) is 6.23. The summed E-state index contributed by atoms with van der Waals surface area (Å²) in [6, 6.07) is 15.4. The number of nitrogens with zero attached hydrogens (tertiary/aromatic N) is 1. The first-order chi connectivity index (χ1) is 15.3. The van der Waals surface area contributed by atoms with Crippen molar-refractivity contribution in [3.8, 4) is 0 Å². The summed E-state index contributed by atoms with van der Waals surface area (Å²) in [4.78, 5) is 28.7. The van der Waals surface area contributed by atoms with Gasteiger partial charge >= 0.3 is 140 Å². The number of fused-ring (bicyclic) bond motifs is 1. The molecule has 159 valence electrons. The first kappa shape index (κ1) is 22.0. The molecule has 2 N–H and O–H groups in total. The maximum absolute atomic E-state index is 12.9. The zero-order valence-corrected chi connectivity index (χ0v) is 19.2. The molecule has 4 rings (SSSR count). The summed E-state index contributed by atoms with van der Waals surface area (Å²) in [6.45, 7) is 8.42. The van der Waals surface area contributed by atoms with Crippen LogP contribution in [0.3, 0.4) is 0 Å². The molecule has 0 fully saturated rings. The Kier molecular flexibility index (Phi) is 6.25. The van der Waals surface area contributed by atoms with Crippen LogP contribution in [-0.4, -0.2) is 29.2 Å². The predicted octanol–water partition coefficient (Wildman–Crippen LogP) is 2.52. The molecule has 0 bridgehead atoms. The van der Waals surface area contributed by atoms with Gasteiger partial charge in [0.2, 0.25) is 0 Å². The van der Waals surface area contributed by atoms with Crippen LogP contribution in [0.15, 0.2) is 59.5 Å². The van der Waals surface area contributed by atoms with Crippen LogP contribution in [0, 0.1) is 19.0 Å². The zero-order valence-electron chi connectivity index (χ0n) is 18.2. The van der Waals surface area contributed by atoms with Crippen LogP contribution in [-0.2, 0) is 6.54 Å². The number of benzene rings is 2. The molecule has 5 nitrogen and oxygen atoms in total. The second-order valence-electron chi connectivity index (χ2n) is 7.91. The number of H-pyrrole nitrogens is 1. The van der Waals surface area contributed by atoms with E-state index < -0.39 is 0 Å². The number of nitrogens with one attached hydrogen (secondary N) is 2. The zero-order chi connectivity index (χ0) is 22.8. The molecule has 1 radical (unpaired) electrons. The van der Waals surface area contributed by atoms with Gasteiger partial charge in [0.1, 0.15) is 0 Å². The number of hydrogen-bond donors (Lipinski definition) is 2. The average Bonchev–Trinajstić information content (AvgIpc) is 3.05. The van der Waals surface area contributed by atoms with E-state index in [1.54, 1.807) is 22.9 Å². The third kappa shape index (κ3) is 4.51. The summed E-state index contributed by atoms with van der Waals surface area (Å²) in [6.07, 6.45) is 2.15. The van der Waals surface area contributed by atoms with Gasteiger partial charge in [-0.05, 0) is 30.5 Å². The minimum atomic E-state index is -0.362. The van der Waals surface area contributed by atoms with Crippen LogP contribution in [0.25, 0.3) is 17.5 Å². The van der Waals surface area contributed by atoms with E-state index >= 15 is 0 Å². The first-order valence-electron chi connectivity index (χ1n) is 10.3. The molecule has 0 saturated heterocycles. The number of carbonyl (C=O) groups is 1. The normalized spacial score (nSPS) is 11.4. The van der Waals surface area contributed by atoms with E-state index in [2.05, 4.69) is 29.9 Å². The summed E-state index contributed by atoms with van der Waals surface area (Å²) in [5.41, 5.74) is 4.21. The number of aromatic nitrogens is 2. The number of pyridine rings is 1. The molecule has 1 amide bonds. The molecule has 2 aromatic carbocycles. The van der Waals surface area contributed by atoms with Gasteiger partial charge in [0, 0.05) is 0 Å². The van der Waals surface area contributed by atoms with Crippen molar-refractivity contribution in [2.75, 3.05) is 6.29 Å². The molecular weight excluding hydrogens is 416 g/mol. The number of hydrogen-bond acceptors (Lipinski definition) is 2. The molecular formula is C25H24BN3O2P. The SMILES string of the molecule is [B]=c1c(=C)[nH]c2ccc(PCNC(=O)c3cccn(Cc4ccc(C)c(C)c4)c3=O)cc12. The molecule has 4 aromatic rings. The number of carbonyl (C=O) groups excluding carboxylic acids is 1. The van der Waals surface area contributed by atoms with E-state index in [-0.39, 0.29) is 17.0 Å². The third-order valence-corrected chi connectivity index (χ3v) is 6.72. The minimum absolute atomic E-state index is 0.146. The topological polar surface area (TPSA) is 66.9 Å². The summed E-state index contributed by atoms with van der Waals surface area (Å²) in [7, 11) is 6.41. The fourth-order valence-corrected chi connectivity index (χ4v) is 4.53. The number of amides is 1. The summed E-state index contributed by atoms with van der Waals surface area (Å²) < 4.78 is 1.57. The standard InChI is InChI=1S/C25H24BN3O2P/c1-15-6-7-18(11-16(15)2)13-29-10-4-5-20(25(29)31)24(30)27-14-32-19-8-9-22-21(12-19)23(26)17(3)28-22/h4-12,28,32H,3,13-14H2,1-2H3,(H,27,30). The van der Waals surface area contributed by atoms with Crippen LogP contribution in [0.4, 0.5) is 0 Å². The molecule has 2 aromatic heterocycles. The Balaban J connectivity index is 1.44. The van der Waals surface area contributed by atoms with Crippen molar-refractivity contribution in [1.82, 2.24) is 14.9 Å². The fraction of sp³-hybridized carbons (Fsp3) is 0.160. The number of aromatic amines is 1. The van der Waals surface area contributed by atoms with E-state index in [1.807, 2.05) is 37.3 Å². The van der Waals surface area contributed by atoms with Crippen molar-refractivity contribution in [2.45, 2.75) is 20.4 Å². The molecule has 1 unspecified atom stereocenters. The second kappa shape index (κ2) is 9.09. The molecule has 0 spiro atoms. The van der Waals surface area contributed by atoms with Crippen molar-refractivity contribution in [2.24, 2.45) is 0 Å². The van der Waals surface area contributed by atoms with Crippen molar-refractivity contribution in [3.63, 3.8) is 0 Å². The molecule has 0 aliphatic rings. The molecule has 1 atom stereocenters. The van der Waals surface area contributed by atoms with Crippen LogP contribution in [0.1, 0.15) is 27.0 Å². The monoisotopic (exact) mass is 440 g/mol. The Hall–Kier alpha value is -3.24. The fourth-order valence-electron chi connectivity index (χ4n) is 3.63. The van der Waals surface area contributed by atoms with E-state index in [9.17, 15) is 9.59 Å². The van der Waals surface area contributed by atoms with Gasteiger partial charge in [0.15, 0.2) is 0 Å². The van der Waals surface area contributed by atoms with Gasteiger partial charge in [0.05, 0.1) is 0 Å². The van der Waals surface area contributed by atoms with Crippen LogP contribution in [0.5, 0.6) is 0 Å². The van der Waals surface area contributed by atoms with Gasteiger partial charge in [-0.25, -0.2) is 0 Å². The van der Waals surface area contributed by atoms with Crippen LogP contribution >= 0.6 is 8.58 Å². The predicted molar refractivity (Wildman–Crippen MR) is 134 cm³/mol. The average molecular weight is 440 g/mol. The maximum atomic E-state index is 12.9. The van der Waals surface area contributed by atoms with E-state index in [4.69, 9.17) is 7.49 Å². The number of aryl methyl sites for hydroxylation is 2. The van der Waals surface area contributed by atoms with Gasteiger partial charge < -0.3 is 0 Å². The Morgan fingerprint density at radius 3 is 2.75 bits per heavy atom. The Morgan fingerprint density at radius 1 is 1.16 bits per heavy atom. The summed E-state index contributed by atoms with van der Waals surface area (Å²) in [5.74, 6) is -0.362. The Labute approximate surface area is 189 Å². The van der Waals surface area contributed by atoms with E-state index in [0.717, 1.165) is 21.8 Å². The number of rotatable bonds is 6. The van der Waals surface area contributed by atoms with Crippen molar-refractivity contribution < 1.29 is 4.79 Å². The van der Waals surface area contributed by atoms with Gasteiger partial charge in [-0.15, -0.1) is 0 Å². The quantitative estimate of drug-likeness (QED) is 0.358. The second-order valence-corrected chi connectivity index (χ2v) is 9.20. The van der Waals surface area contributed by atoms with Crippen LogP contribution in [0.2, 0.25) is 0 Å². The first-order valence-corrected chi connectivity index (χ1v) is 11.5. The summed E-state index contributed by atoms with van der Waals surface area (Å²) >= 11 is 0. The van der Waals surface area contributed by atoms with Crippen molar-refractivity contribution in [3.05, 3.63) is 97.8 Å². The molecule has 7 heteroatoms.